The normalized spacial score (nSPS) is 11.8. The largest absolute Gasteiger partial charge is 0.456 e. The molecule has 0 N–H and O–H groups in total. The molecule has 0 saturated carbocycles. The molecule has 2 heterocycles. The van der Waals surface area contributed by atoms with E-state index < -0.39 is 8.07 Å². The summed E-state index contributed by atoms with van der Waals surface area (Å²) in [6.45, 7) is 0. The van der Waals surface area contributed by atoms with Crippen molar-refractivity contribution in [3.05, 3.63) is 255 Å². The summed E-state index contributed by atoms with van der Waals surface area (Å²) >= 11 is 0. The van der Waals surface area contributed by atoms with Gasteiger partial charge in [-0.1, -0.05) is 182 Å². The Balaban J connectivity index is 1.06. The first-order valence-electron chi connectivity index (χ1n) is 21.9. The van der Waals surface area contributed by atoms with Gasteiger partial charge in [-0.25, -0.2) is 0 Å². The van der Waals surface area contributed by atoms with E-state index in [-0.39, 0.29) is 0 Å². The molecule has 302 valence electrons. The second kappa shape index (κ2) is 15.6. The highest BCUT2D eigenvalue weighted by Crippen LogP contribution is 2.42. The Morgan fingerprint density at radius 2 is 0.859 bits per heavy atom. The van der Waals surface area contributed by atoms with Crippen LogP contribution in [0, 0.1) is 0 Å². The molecule has 0 amide bonds. The Morgan fingerprint density at radius 3 is 1.55 bits per heavy atom. The van der Waals surface area contributed by atoms with E-state index >= 15 is 0 Å². The lowest BCUT2D eigenvalue weighted by atomic mass is 9.98. The smallest absolute Gasteiger partial charge is 0.179 e. The van der Waals surface area contributed by atoms with Gasteiger partial charge in [0.15, 0.2) is 8.07 Å². The number of benzene rings is 10. The average Bonchev–Trinajstić information content (AvgIpc) is 3.92. The molecule has 0 aliphatic heterocycles. The molecule has 0 saturated heterocycles. The fourth-order valence-electron chi connectivity index (χ4n) is 10.2. The Morgan fingerprint density at radius 1 is 0.344 bits per heavy atom. The van der Waals surface area contributed by atoms with Crippen LogP contribution < -0.4 is 25.6 Å². The van der Waals surface area contributed by atoms with E-state index in [4.69, 9.17) is 4.42 Å². The van der Waals surface area contributed by atoms with E-state index in [2.05, 4.69) is 252 Å². The molecule has 2 aromatic heterocycles. The molecule has 0 radical (unpaired) electrons. The van der Waals surface area contributed by atoms with Crippen LogP contribution in [0.1, 0.15) is 0 Å². The van der Waals surface area contributed by atoms with E-state index in [9.17, 15) is 0 Å². The first-order valence-corrected chi connectivity index (χ1v) is 23.9. The second-order valence-corrected chi connectivity index (χ2v) is 20.3. The van der Waals surface area contributed by atoms with Gasteiger partial charge in [-0.2, -0.15) is 0 Å². The minimum absolute atomic E-state index is 0.860. The van der Waals surface area contributed by atoms with Gasteiger partial charge in [0.25, 0.3) is 0 Å². The van der Waals surface area contributed by atoms with E-state index in [0.29, 0.717) is 0 Å². The van der Waals surface area contributed by atoms with Crippen LogP contribution in [0.3, 0.4) is 0 Å². The number of furan rings is 1. The Bertz CT molecular complexity index is 3500. The van der Waals surface area contributed by atoms with Gasteiger partial charge in [-0.05, 0) is 98.6 Å². The van der Waals surface area contributed by atoms with Crippen LogP contribution in [-0.2, 0) is 0 Å². The minimum atomic E-state index is -2.73. The highest BCUT2D eigenvalue weighted by molar-refractivity contribution is 7.19. The van der Waals surface area contributed by atoms with Crippen molar-refractivity contribution in [2.75, 3.05) is 4.90 Å². The number of rotatable bonds is 9. The fraction of sp³-hybridized carbons (Fsp3) is 0. The third-order valence-corrected chi connectivity index (χ3v) is 17.7. The number of nitrogens with zero attached hydrogens (tertiary/aromatic N) is 2. The molecule has 0 atom stereocenters. The number of hydrogen-bond donors (Lipinski definition) is 0. The van der Waals surface area contributed by atoms with Gasteiger partial charge in [-0.15, -0.1) is 0 Å². The van der Waals surface area contributed by atoms with Crippen LogP contribution in [0.15, 0.2) is 259 Å². The Labute approximate surface area is 373 Å². The van der Waals surface area contributed by atoms with Crippen LogP contribution in [0.25, 0.3) is 60.6 Å². The average molecular weight is 835 g/mol. The molecule has 0 bridgehead atoms. The van der Waals surface area contributed by atoms with Crippen molar-refractivity contribution < 1.29 is 4.42 Å². The Kier molecular flexibility index (Phi) is 9.17. The van der Waals surface area contributed by atoms with Gasteiger partial charge in [0.2, 0.25) is 0 Å². The summed E-state index contributed by atoms with van der Waals surface area (Å²) in [7, 11) is -2.73. The molecule has 0 spiro atoms. The summed E-state index contributed by atoms with van der Waals surface area (Å²) in [6, 6.07) is 92.8. The van der Waals surface area contributed by atoms with E-state index in [1.54, 1.807) is 0 Å². The zero-order valence-electron chi connectivity index (χ0n) is 35.1. The van der Waals surface area contributed by atoms with Crippen molar-refractivity contribution in [3.63, 3.8) is 0 Å². The molecule has 0 unspecified atom stereocenters. The van der Waals surface area contributed by atoms with Gasteiger partial charge in [-0.3, -0.25) is 0 Å². The lowest BCUT2D eigenvalue weighted by Gasteiger charge is -2.35. The van der Waals surface area contributed by atoms with E-state index in [1.165, 1.54) is 48.1 Å². The maximum atomic E-state index is 6.52. The van der Waals surface area contributed by atoms with Crippen LogP contribution in [-0.4, -0.2) is 12.6 Å². The summed E-state index contributed by atoms with van der Waals surface area (Å²) in [6.07, 6.45) is 0. The van der Waals surface area contributed by atoms with E-state index in [0.717, 1.165) is 50.3 Å². The van der Waals surface area contributed by atoms with Gasteiger partial charge >= 0.3 is 0 Å². The van der Waals surface area contributed by atoms with Crippen LogP contribution in [0.4, 0.5) is 17.1 Å². The number of fused-ring (bicyclic) bond motifs is 6. The van der Waals surface area contributed by atoms with Gasteiger partial charge in [0.1, 0.15) is 11.2 Å². The van der Waals surface area contributed by atoms with Crippen molar-refractivity contribution in [2.45, 2.75) is 0 Å². The lowest BCUT2D eigenvalue weighted by Crippen LogP contribution is -2.74. The summed E-state index contributed by atoms with van der Waals surface area (Å²) < 4.78 is 8.91. The minimum Gasteiger partial charge on any atom is -0.456 e. The second-order valence-electron chi connectivity index (χ2n) is 16.4. The Hall–Kier alpha value is -8.18. The van der Waals surface area contributed by atoms with Crippen molar-refractivity contribution in [1.82, 2.24) is 4.57 Å². The zero-order valence-corrected chi connectivity index (χ0v) is 36.1. The molecule has 3 nitrogen and oxygen atoms in total. The molecule has 0 fully saturated rings. The topological polar surface area (TPSA) is 21.3 Å². The molecule has 0 aliphatic carbocycles. The molecular formula is C60H42N2OSi. The first-order chi connectivity index (χ1) is 31.8. The third kappa shape index (κ3) is 6.10. The SMILES string of the molecule is c1ccc(-n2c3ccccc3c3c(-c4cccc(N(c5ccc([Si](c6ccccc6)(c6ccccc6)c6ccccc6)cc5)c5ccc6c(c5)oc5ccccc56)c4)cccc32)cc1. The third-order valence-electron chi connectivity index (χ3n) is 12.9. The van der Waals surface area contributed by atoms with Crippen LogP contribution >= 0.6 is 0 Å². The number of hydrogen-bond acceptors (Lipinski definition) is 2. The highest BCUT2D eigenvalue weighted by Gasteiger charge is 2.41. The molecule has 12 aromatic rings. The summed E-state index contributed by atoms with van der Waals surface area (Å²) in [5.74, 6) is 0. The van der Waals surface area contributed by atoms with Gasteiger partial charge in [0.05, 0.1) is 11.0 Å². The maximum absolute atomic E-state index is 6.52. The number of para-hydroxylation sites is 3. The standard InChI is InChI=1S/C60H42N2OSi/c1-5-20-44(21-6-1)62-56-32-15-13-30-55(56)60-52(31-18-33-57(60)62)43-19-17-22-46(41-43)61(47-37-40-54-53-29-14-16-34-58(53)63-59(54)42-47)45-35-38-51(39-36-45)64(48-23-7-2-8-24-48,49-25-9-3-10-26-49)50-27-11-4-12-28-50/h1-42H. The zero-order chi connectivity index (χ0) is 42.5. The predicted molar refractivity (Wildman–Crippen MR) is 272 cm³/mol. The van der Waals surface area contributed by atoms with Gasteiger partial charge in [0, 0.05) is 50.4 Å². The fourth-order valence-corrected chi connectivity index (χ4v) is 14.9. The van der Waals surface area contributed by atoms with Gasteiger partial charge < -0.3 is 13.9 Å². The lowest BCUT2D eigenvalue weighted by molar-refractivity contribution is 0.669. The molecule has 12 rings (SSSR count). The van der Waals surface area contributed by atoms with E-state index in [1.807, 2.05) is 12.1 Å². The maximum Gasteiger partial charge on any atom is 0.179 e. The molecule has 64 heavy (non-hydrogen) atoms. The number of aromatic nitrogens is 1. The first kappa shape index (κ1) is 37.6. The summed E-state index contributed by atoms with van der Waals surface area (Å²) in [5, 5.41) is 10.1. The molecular weight excluding hydrogens is 793 g/mol. The summed E-state index contributed by atoms with van der Waals surface area (Å²) in [4.78, 5) is 2.38. The van der Waals surface area contributed by atoms with Crippen molar-refractivity contribution in [2.24, 2.45) is 0 Å². The number of anilines is 3. The van der Waals surface area contributed by atoms with Crippen molar-refractivity contribution in [3.8, 4) is 16.8 Å². The quantitative estimate of drug-likeness (QED) is 0.107. The molecule has 10 aromatic carbocycles. The molecule has 0 aliphatic rings. The van der Waals surface area contributed by atoms with Crippen LogP contribution in [0.5, 0.6) is 0 Å². The van der Waals surface area contributed by atoms with Crippen molar-refractivity contribution in [1.29, 1.82) is 0 Å². The van der Waals surface area contributed by atoms with Crippen molar-refractivity contribution >= 4 is 89.6 Å². The summed E-state index contributed by atoms with van der Waals surface area (Å²) in [5.41, 5.74) is 10.7. The monoisotopic (exact) mass is 834 g/mol. The highest BCUT2D eigenvalue weighted by atomic mass is 28.3. The molecule has 4 heteroatoms. The van der Waals surface area contributed by atoms with Crippen LogP contribution in [0.2, 0.25) is 0 Å². The predicted octanol–water partition coefficient (Wildman–Crippen LogP) is 13.2.